The number of hydrogen-bond donors (Lipinski definition) is 2. The molecule has 130 valence electrons. The number of fused-ring (bicyclic) bond motifs is 2. The zero-order valence-electron chi connectivity index (χ0n) is 14.3. The minimum Gasteiger partial charge on any atom is -0.456 e. The van der Waals surface area contributed by atoms with E-state index in [1.165, 1.54) is 0 Å². The van der Waals surface area contributed by atoms with Crippen LogP contribution in [0.2, 0.25) is 0 Å². The third-order valence-corrected chi connectivity index (χ3v) is 4.40. The van der Waals surface area contributed by atoms with Crippen molar-refractivity contribution >= 4 is 27.6 Å². The lowest BCUT2D eigenvalue weighted by Gasteiger charge is -2.06. The summed E-state index contributed by atoms with van der Waals surface area (Å²) >= 11 is 0. The van der Waals surface area contributed by atoms with Gasteiger partial charge in [0, 0.05) is 23.8 Å². The second kappa shape index (κ2) is 6.10. The molecule has 0 atom stereocenters. The third kappa shape index (κ3) is 2.73. The number of imidazole rings is 1. The highest BCUT2D eigenvalue weighted by molar-refractivity contribution is 5.97. The first-order valence-corrected chi connectivity index (χ1v) is 8.49. The van der Waals surface area contributed by atoms with Gasteiger partial charge in [-0.05, 0) is 30.3 Å². The molecule has 0 bridgehead atoms. The predicted octanol–water partition coefficient (Wildman–Crippen LogP) is 4.55. The molecule has 0 radical (unpaired) electrons. The van der Waals surface area contributed by atoms with E-state index in [2.05, 4.69) is 19.9 Å². The van der Waals surface area contributed by atoms with Gasteiger partial charge in [-0.1, -0.05) is 18.2 Å². The van der Waals surface area contributed by atoms with Gasteiger partial charge in [-0.15, -0.1) is 0 Å². The number of nitrogens with one attached hydrogen (secondary N) is 1. The molecule has 0 fully saturated rings. The van der Waals surface area contributed by atoms with E-state index in [4.69, 9.17) is 10.5 Å². The van der Waals surface area contributed by atoms with E-state index >= 15 is 0 Å². The Hall–Kier alpha value is -3.93. The van der Waals surface area contributed by atoms with Crippen molar-refractivity contribution in [1.82, 2.24) is 19.9 Å². The van der Waals surface area contributed by atoms with Crippen LogP contribution in [0.4, 0.5) is 5.69 Å². The maximum absolute atomic E-state index is 6.37. The van der Waals surface area contributed by atoms with Crippen molar-refractivity contribution in [3.8, 4) is 22.9 Å². The molecule has 5 aromatic rings. The molecule has 0 aliphatic heterocycles. The summed E-state index contributed by atoms with van der Waals surface area (Å²) in [6, 6.07) is 17.2. The van der Waals surface area contributed by atoms with Crippen molar-refractivity contribution in [3.05, 3.63) is 73.2 Å². The first-order valence-electron chi connectivity index (χ1n) is 8.49. The molecule has 2 aromatic carbocycles. The van der Waals surface area contributed by atoms with Crippen LogP contribution in [0.15, 0.2) is 73.2 Å². The van der Waals surface area contributed by atoms with Gasteiger partial charge in [0.05, 0.1) is 34.0 Å². The standard InChI is InChI=1S/C21H15N5O/c22-20-15-5-1-2-6-17(15)24-12-16(20)21-25-18-8-7-13(10-19(18)26-21)27-14-4-3-9-23-11-14/h1-12H,(H2,22,24)(H,25,26). The summed E-state index contributed by atoms with van der Waals surface area (Å²) in [5.41, 5.74) is 10.4. The second-order valence-corrected chi connectivity index (χ2v) is 6.16. The number of ether oxygens (including phenoxy) is 1. The summed E-state index contributed by atoms with van der Waals surface area (Å²) in [6.07, 6.45) is 5.13. The fraction of sp³-hybridized carbons (Fsp3) is 0. The van der Waals surface area contributed by atoms with Crippen molar-refractivity contribution in [2.24, 2.45) is 0 Å². The minimum absolute atomic E-state index is 0.659. The molecule has 0 spiro atoms. The fourth-order valence-corrected chi connectivity index (χ4v) is 3.07. The van der Waals surface area contributed by atoms with Crippen molar-refractivity contribution in [1.29, 1.82) is 0 Å². The van der Waals surface area contributed by atoms with Crippen LogP contribution >= 0.6 is 0 Å². The van der Waals surface area contributed by atoms with E-state index in [1.807, 2.05) is 54.6 Å². The van der Waals surface area contributed by atoms with Crippen LogP contribution in [0.25, 0.3) is 33.3 Å². The Morgan fingerprint density at radius 1 is 0.889 bits per heavy atom. The van der Waals surface area contributed by atoms with Gasteiger partial charge in [0.25, 0.3) is 0 Å². The van der Waals surface area contributed by atoms with Crippen LogP contribution in [0.3, 0.4) is 0 Å². The number of nitrogens with zero attached hydrogens (tertiary/aromatic N) is 3. The van der Waals surface area contributed by atoms with Gasteiger partial charge in [0.1, 0.15) is 17.3 Å². The largest absolute Gasteiger partial charge is 0.456 e. The van der Waals surface area contributed by atoms with Crippen LogP contribution < -0.4 is 10.5 Å². The smallest absolute Gasteiger partial charge is 0.145 e. The Morgan fingerprint density at radius 2 is 1.81 bits per heavy atom. The van der Waals surface area contributed by atoms with Gasteiger partial charge >= 0.3 is 0 Å². The summed E-state index contributed by atoms with van der Waals surface area (Å²) in [5.74, 6) is 2.06. The molecule has 0 aliphatic rings. The SMILES string of the molecule is Nc1c(-c2nc3ccc(Oc4cccnc4)cc3[nH]2)cnc2ccccc12. The molecule has 6 nitrogen and oxygen atoms in total. The lowest BCUT2D eigenvalue weighted by Crippen LogP contribution is -1.94. The number of benzene rings is 2. The normalized spacial score (nSPS) is 11.1. The molecule has 0 unspecified atom stereocenters. The molecule has 27 heavy (non-hydrogen) atoms. The first-order chi connectivity index (χ1) is 13.3. The zero-order chi connectivity index (χ0) is 18.2. The van der Waals surface area contributed by atoms with Crippen molar-refractivity contribution < 1.29 is 4.74 Å². The van der Waals surface area contributed by atoms with E-state index in [0.29, 0.717) is 23.0 Å². The average Bonchev–Trinajstić information content (AvgIpc) is 3.12. The summed E-state index contributed by atoms with van der Waals surface area (Å²) in [5, 5.41) is 0.913. The third-order valence-electron chi connectivity index (χ3n) is 4.40. The van der Waals surface area contributed by atoms with Crippen LogP contribution in [-0.4, -0.2) is 19.9 Å². The number of rotatable bonds is 3. The maximum atomic E-state index is 6.37. The van der Waals surface area contributed by atoms with Gasteiger partial charge in [0.15, 0.2) is 0 Å². The molecule has 3 N–H and O–H groups in total. The molecule has 0 saturated heterocycles. The van der Waals surface area contributed by atoms with Gasteiger partial charge in [-0.25, -0.2) is 4.98 Å². The van der Waals surface area contributed by atoms with Gasteiger partial charge in [-0.2, -0.15) is 0 Å². The Labute approximate surface area is 154 Å². The van der Waals surface area contributed by atoms with E-state index in [9.17, 15) is 0 Å². The summed E-state index contributed by atoms with van der Waals surface area (Å²) in [7, 11) is 0. The highest BCUT2D eigenvalue weighted by atomic mass is 16.5. The fourth-order valence-electron chi connectivity index (χ4n) is 3.07. The predicted molar refractivity (Wildman–Crippen MR) is 106 cm³/mol. The molecule has 0 aliphatic carbocycles. The average molecular weight is 353 g/mol. The molecule has 3 heterocycles. The number of aromatic nitrogens is 4. The van der Waals surface area contributed by atoms with Crippen molar-refractivity contribution in [2.45, 2.75) is 0 Å². The topological polar surface area (TPSA) is 89.7 Å². The molecule has 3 aromatic heterocycles. The van der Waals surface area contributed by atoms with Gasteiger partial charge < -0.3 is 15.5 Å². The number of nitrogens with two attached hydrogens (primary N) is 1. The number of aromatic amines is 1. The number of para-hydroxylation sites is 1. The number of hydrogen-bond acceptors (Lipinski definition) is 5. The zero-order valence-corrected chi connectivity index (χ0v) is 14.3. The number of anilines is 1. The number of pyridine rings is 2. The Balaban J connectivity index is 1.56. The first kappa shape index (κ1) is 15.3. The molecule has 5 rings (SSSR count). The van der Waals surface area contributed by atoms with Crippen LogP contribution in [0.5, 0.6) is 11.5 Å². The van der Waals surface area contributed by atoms with E-state index < -0.39 is 0 Å². The van der Waals surface area contributed by atoms with Crippen molar-refractivity contribution in [3.63, 3.8) is 0 Å². The molecular weight excluding hydrogens is 338 g/mol. The van der Waals surface area contributed by atoms with Crippen LogP contribution in [0.1, 0.15) is 0 Å². The quantitative estimate of drug-likeness (QED) is 0.497. The van der Waals surface area contributed by atoms with Crippen LogP contribution in [0, 0.1) is 0 Å². The van der Waals surface area contributed by atoms with Gasteiger partial charge in [-0.3, -0.25) is 9.97 Å². The Kier molecular flexibility index (Phi) is 3.47. The van der Waals surface area contributed by atoms with E-state index in [1.54, 1.807) is 18.6 Å². The Bertz CT molecular complexity index is 1260. The summed E-state index contributed by atoms with van der Waals surface area (Å²) < 4.78 is 5.84. The Morgan fingerprint density at radius 3 is 2.70 bits per heavy atom. The highest BCUT2D eigenvalue weighted by Crippen LogP contribution is 2.31. The molecule has 0 saturated carbocycles. The molecule has 0 amide bonds. The van der Waals surface area contributed by atoms with E-state index in [0.717, 1.165) is 27.5 Å². The summed E-state index contributed by atoms with van der Waals surface area (Å²) in [4.78, 5) is 16.5. The number of H-pyrrole nitrogens is 1. The monoisotopic (exact) mass is 353 g/mol. The molecule has 6 heteroatoms. The van der Waals surface area contributed by atoms with Crippen LogP contribution in [-0.2, 0) is 0 Å². The lowest BCUT2D eigenvalue weighted by atomic mass is 10.1. The second-order valence-electron chi connectivity index (χ2n) is 6.16. The van der Waals surface area contributed by atoms with E-state index in [-0.39, 0.29) is 0 Å². The lowest BCUT2D eigenvalue weighted by molar-refractivity contribution is 0.481. The summed E-state index contributed by atoms with van der Waals surface area (Å²) in [6.45, 7) is 0. The van der Waals surface area contributed by atoms with Crippen molar-refractivity contribution in [2.75, 3.05) is 5.73 Å². The van der Waals surface area contributed by atoms with Gasteiger partial charge in [0.2, 0.25) is 0 Å². The molecular formula is C21H15N5O. The highest BCUT2D eigenvalue weighted by Gasteiger charge is 2.12. The number of nitrogen functional groups attached to an aromatic ring is 1. The maximum Gasteiger partial charge on any atom is 0.145 e. The minimum atomic E-state index is 0.659.